The maximum atomic E-state index is 12.6. The molecule has 1 aliphatic rings. The van der Waals surface area contributed by atoms with Gasteiger partial charge < -0.3 is 4.90 Å². The molecule has 0 atom stereocenters. The molecule has 21 heavy (non-hydrogen) atoms. The van der Waals surface area contributed by atoms with E-state index in [0.29, 0.717) is 22.6 Å². The number of carbonyl (C=O) groups excluding carboxylic acids is 1. The lowest BCUT2D eigenvalue weighted by molar-refractivity contribution is 0.0730. The highest BCUT2D eigenvalue weighted by Crippen LogP contribution is 2.32. The molecule has 0 unspecified atom stereocenters. The highest BCUT2D eigenvalue weighted by Gasteiger charge is 2.33. The van der Waals surface area contributed by atoms with E-state index in [1.807, 2.05) is 28.5 Å². The second-order valence-electron chi connectivity index (χ2n) is 5.05. The highest BCUT2D eigenvalue weighted by molar-refractivity contribution is 9.11. The average molecular weight is 405 g/mol. The van der Waals surface area contributed by atoms with E-state index in [1.165, 1.54) is 11.3 Å². The van der Waals surface area contributed by atoms with Crippen LogP contribution >= 0.6 is 50.5 Å². The molecule has 1 saturated carbocycles. The van der Waals surface area contributed by atoms with Gasteiger partial charge in [-0.25, -0.2) is 0 Å². The molecular weight excluding hydrogens is 393 g/mol. The fourth-order valence-electron chi connectivity index (χ4n) is 2.18. The van der Waals surface area contributed by atoms with Gasteiger partial charge >= 0.3 is 0 Å². The van der Waals surface area contributed by atoms with Gasteiger partial charge in [-0.3, -0.25) is 4.79 Å². The number of amides is 1. The van der Waals surface area contributed by atoms with Gasteiger partial charge in [0, 0.05) is 18.0 Å². The minimum atomic E-state index is 0.0746. The molecule has 110 valence electrons. The Labute approximate surface area is 145 Å². The van der Waals surface area contributed by atoms with E-state index in [-0.39, 0.29) is 5.91 Å². The number of hydrogen-bond acceptors (Lipinski definition) is 2. The Balaban J connectivity index is 1.81. The first-order chi connectivity index (χ1) is 10.0. The quantitative estimate of drug-likeness (QED) is 0.647. The predicted molar refractivity (Wildman–Crippen MR) is 91.4 cm³/mol. The SMILES string of the molecule is O=C(c1csc(Br)c1)N(Cc1ccc(Cl)c(Cl)c1)C1CC1. The molecule has 1 amide bonds. The molecule has 1 aromatic carbocycles. The minimum absolute atomic E-state index is 0.0746. The second-order valence-corrected chi connectivity index (χ2v) is 8.16. The molecule has 2 nitrogen and oxygen atoms in total. The van der Waals surface area contributed by atoms with E-state index >= 15 is 0 Å². The van der Waals surface area contributed by atoms with Gasteiger partial charge in [0.25, 0.3) is 5.91 Å². The fourth-order valence-corrected chi connectivity index (χ4v) is 3.63. The molecule has 0 bridgehead atoms. The second kappa shape index (κ2) is 6.29. The molecule has 1 heterocycles. The van der Waals surface area contributed by atoms with Gasteiger partial charge in [-0.05, 0) is 52.5 Å². The highest BCUT2D eigenvalue weighted by atomic mass is 79.9. The normalized spacial score (nSPS) is 14.2. The summed E-state index contributed by atoms with van der Waals surface area (Å²) in [7, 11) is 0. The predicted octanol–water partition coefficient (Wildman–Crippen LogP) is 5.62. The molecule has 1 aromatic heterocycles. The number of carbonyl (C=O) groups is 1. The molecular formula is C15H12BrCl2NOS. The monoisotopic (exact) mass is 403 g/mol. The topological polar surface area (TPSA) is 20.3 Å². The molecule has 6 heteroatoms. The van der Waals surface area contributed by atoms with Crippen LogP contribution in [-0.2, 0) is 6.54 Å². The summed E-state index contributed by atoms with van der Waals surface area (Å²) < 4.78 is 0.969. The van der Waals surface area contributed by atoms with Crippen LogP contribution in [-0.4, -0.2) is 16.8 Å². The van der Waals surface area contributed by atoms with Crippen molar-refractivity contribution in [2.24, 2.45) is 0 Å². The zero-order valence-corrected chi connectivity index (χ0v) is 14.9. The van der Waals surface area contributed by atoms with Crippen LogP contribution in [0.5, 0.6) is 0 Å². The largest absolute Gasteiger partial charge is 0.331 e. The molecule has 1 fully saturated rings. The standard InChI is InChI=1S/C15H12BrCl2NOS/c16-14-6-10(8-21-14)15(20)19(11-2-3-11)7-9-1-4-12(17)13(18)5-9/h1,4-6,8,11H,2-3,7H2. The fraction of sp³-hybridized carbons (Fsp3) is 0.267. The maximum absolute atomic E-state index is 12.6. The Hall–Kier alpha value is -0.550. The summed E-state index contributed by atoms with van der Waals surface area (Å²) in [5.74, 6) is 0.0746. The van der Waals surface area contributed by atoms with E-state index in [9.17, 15) is 4.79 Å². The van der Waals surface area contributed by atoms with Crippen LogP contribution < -0.4 is 0 Å². The molecule has 1 aliphatic carbocycles. The van der Waals surface area contributed by atoms with Crippen LogP contribution in [0.25, 0.3) is 0 Å². The summed E-state index contributed by atoms with van der Waals surface area (Å²) >= 11 is 16.9. The van der Waals surface area contributed by atoms with Crippen LogP contribution in [0.1, 0.15) is 28.8 Å². The Morgan fingerprint density at radius 1 is 1.29 bits per heavy atom. The van der Waals surface area contributed by atoms with Crippen molar-refractivity contribution in [3.05, 3.63) is 54.6 Å². The third-order valence-corrected chi connectivity index (χ3v) is 5.64. The van der Waals surface area contributed by atoms with E-state index < -0.39 is 0 Å². The van der Waals surface area contributed by atoms with Crippen LogP contribution in [0.4, 0.5) is 0 Å². The van der Waals surface area contributed by atoms with Gasteiger partial charge in [-0.1, -0.05) is 29.3 Å². The van der Waals surface area contributed by atoms with Crippen LogP contribution in [0.3, 0.4) is 0 Å². The first-order valence-corrected chi connectivity index (χ1v) is 8.96. The van der Waals surface area contributed by atoms with Crippen molar-refractivity contribution in [1.82, 2.24) is 4.90 Å². The maximum Gasteiger partial charge on any atom is 0.255 e. The Kier molecular flexibility index (Phi) is 4.60. The molecule has 0 spiro atoms. The molecule has 0 radical (unpaired) electrons. The zero-order valence-electron chi connectivity index (χ0n) is 11.0. The molecule has 3 rings (SSSR count). The summed E-state index contributed by atoms with van der Waals surface area (Å²) in [6.07, 6.45) is 2.14. The van der Waals surface area contributed by atoms with Crippen molar-refractivity contribution in [2.45, 2.75) is 25.4 Å². The Bertz CT molecular complexity index is 684. The smallest absolute Gasteiger partial charge is 0.255 e. The summed E-state index contributed by atoms with van der Waals surface area (Å²) in [4.78, 5) is 14.6. The van der Waals surface area contributed by atoms with Gasteiger partial charge in [0.1, 0.15) is 0 Å². The van der Waals surface area contributed by atoms with E-state index in [4.69, 9.17) is 23.2 Å². The first-order valence-electron chi connectivity index (χ1n) is 6.53. The number of rotatable bonds is 4. The van der Waals surface area contributed by atoms with Crippen molar-refractivity contribution >= 4 is 56.4 Å². The van der Waals surface area contributed by atoms with Crippen LogP contribution in [0.2, 0.25) is 10.0 Å². The van der Waals surface area contributed by atoms with Gasteiger partial charge in [-0.15, -0.1) is 11.3 Å². The first kappa shape index (κ1) is 15.3. The third-order valence-electron chi connectivity index (χ3n) is 3.40. The van der Waals surface area contributed by atoms with Crippen molar-refractivity contribution in [3.63, 3.8) is 0 Å². The van der Waals surface area contributed by atoms with Gasteiger partial charge in [-0.2, -0.15) is 0 Å². The summed E-state index contributed by atoms with van der Waals surface area (Å²) in [5.41, 5.74) is 1.73. The zero-order chi connectivity index (χ0) is 15.0. The lowest BCUT2D eigenvalue weighted by atomic mass is 10.2. The summed E-state index contributed by atoms with van der Waals surface area (Å²) in [6, 6.07) is 7.73. The lowest BCUT2D eigenvalue weighted by Gasteiger charge is -2.22. The summed E-state index contributed by atoms with van der Waals surface area (Å²) in [6.45, 7) is 0.563. The van der Waals surface area contributed by atoms with Crippen LogP contribution in [0, 0.1) is 0 Å². The third kappa shape index (κ3) is 3.62. The van der Waals surface area contributed by atoms with Gasteiger partial charge in [0.2, 0.25) is 0 Å². The van der Waals surface area contributed by atoms with E-state index in [0.717, 1.165) is 27.8 Å². The molecule has 2 aromatic rings. The number of halogens is 3. The summed E-state index contributed by atoms with van der Waals surface area (Å²) in [5, 5.41) is 2.94. The lowest BCUT2D eigenvalue weighted by Crippen LogP contribution is -2.32. The number of nitrogens with zero attached hydrogens (tertiary/aromatic N) is 1. The van der Waals surface area contributed by atoms with E-state index in [2.05, 4.69) is 15.9 Å². The number of hydrogen-bond donors (Lipinski definition) is 0. The van der Waals surface area contributed by atoms with Gasteiger partial charge in [0.15, 0.2) is 0 Å². The van der Waals surface area contributed by atoms with E-state index in [1.54, 1.807) is 6.07 Å². The van der Waals surface area contributed by atoms with Crippen molar-refractivity contribution in [1.29, 1.82) is 0 Å². The van der Waals surface area contributed by atoms with Gasteiger partial charge in [0.05, 0.1) is 19.4 Å². The molecule has 0 saturated heterocycles. The van der Waals surface area contributed by atoms with Crippen molar-refractivity contribution < 1.29 is 4.79 Å². The number of benzene rings is 1. The molecule has 0 N–H and O–H groups in total. The Morgan fingerprint density at radius 2 is 2.05 bits per heavy atom. The molecule has 0 aliphatic heterocycles. The average Bonchev–Trinajstić information content (AvgIpc) is 3.20. The Morgan fingerprint density at radius 3 is 2.62 bits per heavy atom. The van der Waals surface area contributed by atoms with Crippen LogP contribution in [0.15, 0.2) is 33.4 Å². The van der Waals surface area contributed by atoms with Crippen molar-refractivity contribution in [3.8, 4) is 0 Å². The van der Waals surface area contributed by atoms with Crippen molar-refractivity contribution in [2.75, 3.05) is 0 Å². The minimum Gasteiger partial charge on any atom is -0.331 e. The number of thiophene rings is 1.